The molecule has 20 heavy (non-hydrogen) atoms. The summed E-state index contributed by atoms with van der Waals surface area (Å²) in [5, 5.41) is 0. The SMILES string of the molecule is CC(C)(CCN1C=Nc2ccccc2S1(=O)=O)C(N)=S. The molecule has 108 valence electrons. The van der Waals surface area contributed by atoms with Crippen LogP contribution in [-0.4, -0.2) is 30.6 Å². The molecule has 0 unspecified atom stereocenters. The second kappa shape index (κ2) is 5.14. The zero-order chi connectivity index (χ0) is 15.0. The van der Waals surface area contributed by atoms with Gasteiger partial charge in [-0.05, 0) is 18.6 Å². The third kappa shape index (κ3) is 2.69. The Morgan fingerprint density at radius 1 is 1.40 bits per heavy atom. The van der Waals surface area contributed by atoms with Crippen LogP contribution in [-0.2, 0) is 10.0 Å². The van der Waals surface area contributed by atoms with Crippen molar-refractivity contribution in [3.05, 3.63) is 24.3 Å². The van der Waals surface area contributed by atoms with Crippen molar-refractivity contribution in [2.45, 2.75) is 25.2 Å². The second-order valence-electron chi connectivity index (χ2n) is 5.33. The first-order valence-corrected chi connectivity index (χ1v) is 8.05. The van der Waals surface area contributed by atoms with Crippen LogP contribution in [0.4, 0.5) is 5.69 Å². The fourth-order valence-corrected chi connectivity index (χ4v) is 3.28. The Labute approximate surface area is 124 Å². The van der Waals surface area contributed by atoms with Crippen LogP contribution < -0.4 is 5.73 Å². The van der Waals surface area contributed by atoms with Gasteiger partial charge in [-0.15, -0.1) is 0 Å². The molecule has 0 amide bonds. The van der Waals surface area contributed by atoms with Crippen molar-refractivity contribution in [2.24, 2.45) is 16.1 Å². The number of benzene rings is 1. The third-order valence-electron chi connectivity index (χ3n) is 3.40. The van der Waals surface area contributed by atoms with Gasteiger partial charge < -0.3 is 5.73 Å². The lowest BCUT2D eigenvalue weighted by Crippen LogP contribution is -2.38. The van der Waals surface area contributed by atoms with Crippen LogP contribution in [0, 0.1) is 5.41 Å². The molecule has 1 aliphatic rings. The molecule has 1 aromatic rings. The summed E-state index contributed by atoms with van der Waals surface area (Å²) in [6, 6.07) is 6.69. The molecule has 0 aromatic heterocycles. The van der Waals surface area contributed by atoms with Crippen LogP contribution in [0.5, 0.6) is 0 Å². The number of hydrogen-bond donors (Lipinski definition) is 1. The summed E-state index contributed by atoms with van der Waals surface area (Å²) in [5.74, 6) is 0. The highest BCUT2D eigenvalue weighted by molar-refractivity contribution is 7.89. The number of hydrogen-bond acceptors (Lipinski definition) is 4. The lowest BCUT2D eigenvalue weighted by Gasteiger charge is -2.28. The Bertz CT molecular complexity index is 666. The summed E-state index contributed by atoms with van der Waals surface area (Å²) in [6.45, 7) is 4.10. The Morgan fingerprint density at radius 3 is 2.70 bits per heavy atom. The molecule has 0 saturated heterocycles. The number of fused-ring (bicyclic) bond motifs is 1. The second-order valence-corrected chi connectivity index (χ2v) is 7.62. The number of nitrogens with zero attached hydrogens (tertiary/aromatic N) is 2. The van der Waals surface area contributed by atoms with E-state index in [2.05, 4.69) is 4.99 Å². The molecule has 2 N–H and O–H groups in total. The van der Waals surface area contributed by atoms with E-state index in [1.165, 1.54) is 10.6 Å². The van der Waals surface area contributed by atoms with E-state index < -0.39 is 15.4 Å². The standard InChI is InChI=1S/C13H17N3O2S2/c1-13(2,12(14)19)7-8-16-9-15-10-5-3-4-6-11(10)20(16,17)18/h3-6,9H,7-8H2,1-2H3,(H2,14,19). The molecule has 0 saturated carbocycles. The zero-order valence-corrected chi connectivity index (χ0v) is 13.0. The molecular weight excluding hydrogens is 294 g/mol. The predicted molar refractivity (Wildman–Crippen MR) is 83.7 cm³/mol. The molecule has 2 rings (SSSR count). The van der Waals surface area contributed by atoms with E-state index in [-0.39, 0.29) is 4.90 Å². The van der Waals surface area contributed by atoms with Gasteiger partial charge in [0.05, 0.1) is 10.7 Å². The van der Waals surface area contributed by atoms with Gasteiger partial charge in [0.25, 0.3) is 10.0 Å². The number of nitrogens with two attached hydrogens (primary N) is 1. The van der Waals surface area contributed by atoms with Crippen molar-refractivity contribution < 1.29 is 8.42 Å². The smallest absolute Gasteiger partial charge is 0.267 e. The maximum Gasteiger partial charge on any atom is 0.267 e. The van der Waals surface area contributed by atoms with Crippen LogP contribution >= 0.6 is 12.2 Å². The van der Waals surface area contributed by atoms with Crippen LogP contribution in [0.25, 0.3) is 0 Å². The van der Waals surface area contributed by atoms with Crippen molar-refractivity contribution in [1.82, 2.24) is 4.31 Å². The number of thiocarbonyl (C=S) groups is 1. The van der Waals surface area contributed by atoms with Crippen molar-refractivity contribution in [3.63, 3.8) is 0 Å². The monoisotopic (exact) mass is 311 g/mol. The van der Waals surface area contributed by atoms with Crippen LogP contribution in [0.2, 0.25) is 0 Å². The summed E-state index contributed by atoms with van der Waals surface area (Å²) in [7, 11) is -3.53. The minimum Gasteiger partial charge on any atom is -0.393 e. The van der Waals surface area contributed by atoms with Crippen molar-refractivity contribution in [2.75, 3.05) is 6.54 Å². The number of sulfonamides is 1. The van der Waals surface area contributed by atoms with E-state index in [0.29, 0.717) is 23.6 Å². The van der Waals surface area contributed by atoms with E-state index in [0.717, 1.165) is 0 Å². The van der Waals surface area contributed by atoms with Gasteiger partial charge in [0.1, 0.15) is 11.2 Å². The topological polar surface area (TPSA) is 75.8 Å². The minimum absolute atomic E-state index is 0.232. The van der Waals surface area contributed by atoms with Crippen molar-refractivity contribution >= 4 is 39.3 Å². The average Bonchev–Trinajstić information content (AvgIpc) is 2.37. The quantitative estimate of drug-likeness (QED) is 0.864. The fraction of sp³-hybridized carbons (Fsp3) is 0.385. The minimum atomic E-state index is -3.53. The molecular formula is C13H17N3O2S2. The average molecular weight is 311 g/mol. The Morgan fingerprint density at radius 2 is 2.05 bits per heavy atom. The largest absolute Gasteiger partial charge is 0.393 e. The molecule has 1 aliphatic heterocycles. The predicted octanol–water partition coefficient (Wildman–Crippen LogP) is 2.05. The Hall–Kier alpha value is -1.47. The molecule has 0 radical (unpaired) electrons. The molecule has 1 heterocycles. The highest BCUT2D eigenvalue weighted by atomic mass is 32.2. The molecule has 7 heteroatoms. The molecule has 1 aromatic carbocycles. The van der Waals surface area contributed by atoms with Crippen molar-refractivity contribution in [1.29, 1.82) is 0 Å². The van der Waals surface area contributed by atoms with Gasteiger partial charge in [0, 0.05) is 12.0 Å². The fourth-order valence-electron chi connectivity index (χ4n) is 1.79. The molecule has 5 nitrogen and oxygen atoms in total. The highest BCUT2D eigenvalue weighted by Crippen LogP contribution is 2.31. The first-order chi connectivity index (χ1) is 9.25. The molecule has 0 atom stereocenters. The van der Waals surface area contributed by atoms with Crippen LogP contribution in [0.1, 0.15) is 20.3 Å². The molecule has 0 spiro atoms. The Kier molecular flexibility index (Phi) is 3.84. The van der Waals surface area contributed by atoms with E-state index in [1.54, 1.807) is 24.3 Å². The van der Waals surface area contributed by atoms with Crippen LogP contribution in [0.3, 0.4) is 0 Å². The maximum atomic E-state index is 12.5. The van der Waals surface area contributed by atoms with E-state index in [1.807, 2.05) is 13.8 Å². The molecule has 0 bridgehead atoms. The van der Waals surface area contributed by atoms with Crippen LogP contribution in [0.15, 0.2) is 34.2 Å². The summed E-state index contributed by atoms with van der Waals surface area (Å²) < 4.78 is 26.2. The molecule has 0 fully saturated rings. The lowest BCUT2D eigenvalue weighted by atomic mass is 9.89. The Balaban J connectivity index is 2.23. The van der Waals surface area contributed by atoms with E-state index in [9.17, 15) is 8.42 Å². The third-order valence-corrected chi connectivity index (χ3v) is 5.75. The number of aliphatic imine (C=N–C) groups is 1. The summed E-state index contributed by atoms with van der Waals surface area (Å²) in [6.07, 6.45) is 1.89. The van der Waals surface area contributed by atoms with Gasteiger partial charge in [-0.2, -0.15) is 0 Å². The highest BCUT2D eigenvalue weighted by Gasteiger charge is 2.30. The zero-order valence-electron chi connectivity index (χ0n) is 11.4. The van der Waals surface area contributed by atoms with Gasteiger partial charge in [0.2, 0.25) is 0 Å². The van der Waals surface area contributed by atoms with Gasteiger partial charge in [-0.1, -0.05) is 38.2 Å². The first-order valence-electron chi connectivity index (χ1n) is 6.20. The summed E-state index contributed by atoms with van der Waals surface area (Å²) >= 11 is 4.99. The van der Waals surface area contributed by atoms with Crippen molar-refractivity contribution in [3.8, 4) is 0 Å². The number of rotatable bonds is 4. The normalized spacial score (nSPS) is 16.8. The van der Waals surface area contributed by atoms with Gasteiger partial charge in [-0.3, -0.25) is 4.31 Å². The van der Waals surface area contributed by atoms with Gasteiger partial charge >= 0.3 is 0 Å². The lowest BCUT2D eigenvalue weighted by molar-refractivity contribution is 0.424. The van der Waals surface area contributed by atoms with Gasteiger partial charge in [0.15, 0.2) is 0 Å². The summed E-state index contributed by atoms with van der Waals surface area (Å²) in [5.41, 5.74) is 5.74. The maximum absolute atomic E-state index is 12.5. The van der Waals surface area contributed by atoms with E-state index >= 15 is 0 Å². The molecule has 0 aliphatic carbocycles. The van der Waals surface area contributed by atoms with Gasteiger partial charge in [-0.25, -0.2) is 13.4 Å². The first kappa shape index (κ1) is 14.9. The van der Waals surface area contributed by atoms with E-state index in [4.69, 9.17) is 18.0 Å². The number of para-hydroxylation sites is 1. The summed E-state index contributed by atoms with van der Waals surface area (Å²) in [4.78, 5) is 4.78.